The topological polar surface area (TPSA) is 57.7 Å². The van der Waals surface area contributed by atoms with E-state index in [1.54, 1.807) is 30.3 Å². The van der Waals surface area contributed by atoms with E-state index in [-0.39, 0.29) is 12.1 Å². The fourth-order valence-electron chi connectivity index (χ4n) is 2.41. The van der Waals surface area contributed by atoms with E-state index >= 15 is 0 Å². The van der Waals surface area contributed by atoms with Crippen LogP contribution in [0.5, 0.6) is 0 Å². The summed E-state index contributed by atoms with van der Waals surface area (Å²) in [7, 11) is 0. The molecule has 0 N–H and O–H groups in total. The highest BCUT2D eigenvalue weighted by molar-refractivity contribution is 6.15. The van der Waals surface area contributed by atoms with Crippen molar-refractivity contribution in [2.24, 2.45) is 0 Å². The fourth-order valence-corrected chi connectivity index (χ4v) is 2.41. The Hall–Kier alpha value is -3.09. The second-order valence-electron chi connectivity index (χ2n) is 5.24. The molecule has 0 aliphatic carbocycles. The van der Waals surface area contributed by atoms with E-state index in [1.165, 1.54) is 4.90 Å². The van der Waals surface area contributed by atoms with Crippen molar-refractivity contribution in [3.05, 3.63) is 65.7 Å². The molecule has 1 aliphatic heterocycles. The quantitative estimate of drug-likeness (QED) is 0.640. The molecule has 3 amide bonds. The Balaban J connectivity index is 1.77. The van der Waals surface area contributed by atoms with E-state index < -0.39 is 35.9 Å². The number of imide groups is 1. The number of anilines is 1. The molecule has 2 aromatic rings. The van der Waals surface area contributed by atoms with Crippen LogP contribution >= 0.6 is 0 Å². The predicted octanol–water partition coefficient (Wildman–Crippen LogP) is 2.62. The summed E-state index contributed by atoms with van der Waals surface area (Å²) < 4.78 is 26.1. The lowest BCUT2D eigenvalue weighted by Crippen LogP contribution is -2.37. The van der Waals surface area contributed by atoms with Gasteiger partial charge in [0.25, 0.3) is 5.91 Å². The highest BCUT2D eigenvalue weighted by Crippen LogP contribution is 2.21. The van der Waals surface area contributed by atoms with Crippen LogP contribution in [-0.2, 0) is 4.79 Å². The van der Waals surface area contributed by atoms with Crippen molar-refractivity contribution in [3.8, 4) is 0 Å². The first-order valence-electron chi connectivity index (χ1n) is 7.12. The van der Waals surface area contributed by atoms with Gasteiger partial charge in [-0.1, -0.05) is 18.2 Å². The average Bonchev–Trinajstić information content (AvgIpc) is 2.86. The van der Waals surface area contributed by atoms with Gasteiger partial charge in [-0.2, -0.15) is 0 Å². The number of nitrogens with zero attached hydrogens (tertiary/aromatic N) is 2. The second-order valence-corrected chi connectivity index (χ2v) is 5.24. The number of benzene rings is 2. The maximum atomic E-state index is 13.2. The molecule has 1 fully saturated rings. The molecular formula is C17H12F2N2O3. The van der Waals surface area contributed by atoms with Crippen LogP contribution in [0.25, 0.3) is 0 Å². The number of Topliss-reactive ketones (excluding diaryl/α,β-unsaturated/α-hetero) is 1. The molecule has 0 radical (unpaired) electrons. The first-order chi connectivity index (χ1) is 11.5. The molecule has 0 bridgehead atoms. The highest BCUT2D eigenvalue weighted by atomic mass is 19.2. The van der Waals surface area contributed by atoms with E-state index in [2.05, 4.69) is 0 Å². The molecule has 2 aromatic carbocycles. The van der Waals surface area contributed by atoms with Crippen LogP contribution in [0.3, 0.4) is 0 Å². The molecule has 1 heterocycles. The lowest BCUT2D eigenvalue weighted by Gasteiger charge is -2.16. The third kappa shape index (κ3) is 2.88. The third-order valence-electron chi connectivity index (χ3n) is 3.67. The highest BCUT2D eigenvalue weighted by Gasteiger charge is 2.38. The molecule has 24 heavy (non-hydrogen) atoms. The van der Waals surface area contributed by atoms with Crippen LogP contribution in [-0.4, -0.2) is 35.7 Å². The fraction of sp³-hybridized carbons (Fsp3) is 0.118. The van der Waals surface area contributed by atoms with Gasteiger partial charge in [-0.15, -0.1) is 0 Å². The number of urea groups is 1. The molecule has 0 saturated carbocycles. The molecule has 122 valence electrons. The van der Waals surface area contributed by atoms with Crippen molar-refractivity contribution in [1.29, 1.82) is 0 Å². The number of amides is 3. The summed E-state index contributed by atoms with van der Waals surface area (Å²) in [5.41, 5.74) is 0.436. The SMILES string of the molecule is O=C(CN1C(=O)CN(c2ccccc2)C1=O)c1ccc(F)c(F)c1. The Kier molecular flexibility index (Phi) is 4.07. The summed E-state index contributed by atoms with van der Waals surface area (Å²) in [6.45, 7) is -0.694. The third-order valence-corrected chi connectivity index (χ3v) is 3.67. The Labute approximate surface area is 136 Å². The monoisotopic (exact) mass is 330 g/mol. The van der Waals surface area contributed by atoms with E-state index in [0.29, 0.717) is 5.69 Å². The van der Waals surface area contributed by atoms with E-state index in [4.69, 9.17) is 0 Å². The van der Waals surface area contributed by atoms with Crippen molar-refractivity contribution in [2.75, 3.05) is 18.0 Å². The van der Waals surface area contributed by atoms with Gasteiger partial charge in [0.1, 0.15) is 6.54 Å². The Morgan fingerprint density at radius 3 is 2.38 bits per heavy atom. The second kappa shape index (κ2) is 6.19. The van der Waals surface area contributed by atoms with E-state index in [1.807, 2.05) is 0 Å². The summed E-state index contributed by atoms with van der Waals surface area (Å²) >= 11 is 0. The number of halogens is 2. The molecule has 1 aliphatic rings. The molecule has 5 nitrogen and oxygen atoms in total. The minimum absolute atomic E-state index is 0.104. The number of carbonyl (C=O) groups is 3. The van der Waals surface area contributed by atoms with Crippen LogP contribution in [0.4, 0.5) is 19.3 Å². The first kappa shape index (κ1) is 15.8. The summed E-state index contributed by atoms with van der Waals surface area (Å²) in [4.78, 5) is 38.6. The number of hydrogen-bond acceptors (Lipinski definition) is 3. The van der Waals surface area contributed by atoms with Crippen LogP contribution in [0.2, 0.25) is 0 Å². The molecule has 3 rings (SSSR count). The van der Waals surface area contributed by atoms with Gasteiger partial charge in [0.15, 0.2) is 17.4 Å². The van der Waals surface area contributed by atoms with Crippen LogP contribution < -0.4 is 4.90 Å². The van der Waals surface area contributed by atoms with Crippen molar-refractivity contribution >= 4 is 23.4 Å². The van der Waals surface area contributed by atoms with Gasteiger partial charge in [0.2, 0.25) is 0 Å². The lowest BCUT2D eigenvalue weighted by molar-refractivity contribution is -0.124. The van der Waals surface area contributed by atoms with Crippen LogP contribution in [0.1, 0.15) is 10.4 Å². The molecule has 7 heteroatoms. The zero-order chi connectivity index (χ0) is 17.3. The maximum Gasteiger partial charge on any atom is 0.332 e. The zero-order valence-corrected chi connectivity index (χ0v) is 12.4. The number of ketones is 1. The van der Waals surface area contributed by atoms with Gasteiger partial charge >= 0.3 is 6.03 Å². The number of rotatable bonds is 4. The smallest absolute Gasteiger partial charge is 0.292 e. The number of para-hydroxylation sites is 1. The molecule has 1 saturated heterocycles. The summed E-state index contributed by atoms with van der Waals surface area (Å²) in [6.07, 6.45) is 0. The van der Waals surface area contributed by atoms with Gasteiger partial charge in [0, 0.05) is 11.3 Å². The Morgan fingerprint density at radius 2 is 1.71 bits per heavy atom. The van der Waals surface area contributed by atoms with E-state index in [9.17, 15) is 23.2 Å². The molecule has 0 atom stereocenters. The van der Waals surface area contributed by atoms with Gasteiger partial charge in [-0.05, 0) is 30.3 Å². The summed E-state index contributed by atoms with van der Waals surface area (Å²) in [5.74, 6) is -3.41. The molecular weight excluding hydrogens is 318 g/mol. The van der Waals surface area contributed by atoms with Gasteiger partial charge in [0.05, 0.1) is 6.54 Å². The molecule has 0 unspecified atom stereocenters. The maximum absolute atomic E-state index is 13.2. The summed E-state index contributed by atoms with van der Waals surface area (Å²) in [6, 6.07) is 10.6. The number of hydrogen-bond donors (Lipinski definition) is 0. The Bertz CT molecular complexity index is 824. The van der Waals surface area contributed by atoms with Gasteiger partial charge in [-0.25, -0.2) is 13.6 Å². The van der Waals surface area contributed by atoms with Gasteiger partial charge in [-0.3, -0.25) is 19.4 Å². The van der Waals surface area contributed by atoms with Gasteiger partial charge < -0.3 is 0 Å². The average molecular weight is 330 g/mol. The number of carbonyl (C=O) groups excluding carboxylic acids is 3. The minimum atomic E-state index is -1.16. The molecule has 0 spiro atoms. The normalized spacial score (nSPS) is 14.4. The standard InChI is InChI=1S/C17H12F2N2O3/c18-13-7-6-11(8-14(13)19)15(22)9-21-16(23)10-20(17(21)24)12-4-2-1-3-5-12/h1-8H,9-10H2. The van der Waals surface area contributed by atoms with Crippen molar-refractivity contribution in [1.82, 2.24) is 4.90 Å². The Morgan fingerprint density at radius 1 is 1.00 bits per heavy atom. The summed E-state index contributed by atoms with van der Waals surface area (Å²) in [5, 5.41) is 0. The first-order valence-corrected chi connectivity index (χ1v) is 7.12. The predicted molar refractivity (Wildman–Crippen MR) is 81.6 cm³/mol. The zero-order valence-electron chi connectivity index (χ0n) is 12.4. The van der Waals surface area contributed by atoms with Crippen molar-refractivity contribution < 1.29 is 23.2 Å². The largest absolute Gasteiger partial charge is 0.332 e. The van der Waals surface area contributed by atoms with Crippen LogP contribution in [0, 0.1) is 11.6 Å². The van der Waals surface area contributed by atoms with Crippen LogP contribution in [0.15, 0.2) is 48.5 Å². The molecule has 0 aromatic heterocycles. The lowest BCUT2D eigenvalue weighted by atomic mass is 10.1. The van der Waals surface area contributed by atoms with E-state index in [0.717, 1.165) is 23.1 Å². The van der Waals surface area contributed by atoms with Crippen molar-refractivity contribution in [2.45, 2.75) is 0 Å². The van der Waals surface area contributed by atoms with Crippen molar-refractivity contribution in [3.63, 3.8) is 0 Å². The minimum Gasteiger partial charge on any atom is -0.292 e.